The number of anilines is 1. The number of aromatic amines is 1. The fourth-order valence-corrected chi connectivity index (χ4v) is 2.74. The third-order valence-corrected chi connectivity index (χ3v) is 4.10. The van der Waals surface area contributed by atoms with Gasteiger partial charge in [-0.05, 0) is 30.9 Å². The van der Waals surface area contributed by atoms with E-state index >= 15 is 0 Å². The van der Waals surface area contributed by atoms with Crippen LogP contribution in [0.4, 0.5) is 5.82 Å². The van der Waals surface area contributed by atoms with Crippen molar-refractivity contribution in [2.45, 2.75) is 12.8 Å². The Kier molecular flexibility index (Phi) is 4.65. The fourth-order valence-electron chi connectivity index (χ4n) is 2.74. The Labute approximate surface area is 133 Å². The van der Waals surface area contributed by atoms with E-state index in [4.69, 9.17) is 0 Å². The molecule has 1 amide bonds. The van der Waals surface area contributed by atoms with Gasteiger partial charge in [-0.1, -0.05) is 0 Å². The monoisotopic (exact) mass is 313 g/mol. The van der Waals surface area contributed by atoms with E-state index in [9.17, 15) is 9.59 Å². The molecule has 0 unspecified atom stereocenters. The molecule has 1 fully saturated rings. The van der Waals surface area contributed by atoms with E-state index in [-0.39, 0.29) is 11.5 Å². The Hall–Kier alpha value is -2.70. The van der Waals surface area contributed by atoms with Crippen LogP contribution >= 0.6 is 0 Å². The highest BCUT2D eigenvalue weighted by Gasteiger charge is 2.21. The minimum atomic E-state index is -0.137. The Morgan fingerprint density at radius 3 is 2.74 bits per heavy atom. The molecule has 2 N–H and O–H groups in total. The minimum Gasteiger partial charge on any atom is -0.356 e. The SMILES string of the molecule is O=C(NCC1CCN(c2cc(=O)[nH]cn2)CC1)c1ccncc1. The van der Waals surface area contributed by atoms with Gasteiger partial charge in [0.25, 0.3) is 11.5 Å². The van der Waals surface area contributed by atoms with E-state index in [1.54, 1.807) is 24.5 Å². The van der Waals surface area contributed by atoms with Crippen LogP contribution in [0.1, 0.15) is 23.2 Å². The highest BCUT2D eigenvalue weighted by atomic mass is 16.1. The van der Waals surface area contributed by atoms with Crippen molar-refractivity contribution in [3.05, 3.63) is 52.8 Å². The maximum absolute atomic E-state index is 12.0. The molecule has 0 aromatic carbocycles. The second-order valence-corrected chi connectivity index (χ2v) is 5.65. The van der Waals surface area contributed by atoms with Crippen LogP contribution in [-0.4, -0.2) is 40.5 Å². The van der Waals surface area contributed by atoms with Crippen LogP contribution in [0.15, 0.2) is 41.7 Å². The molecule has 7 nitrogen and oxygen atoms in total. The standard InChI is InChI=1S/C16H19N5O2/c22-15-9-14(19-11-20-15)21-7-3-12(4-8-21)10-18-16(23)13-1-5-17-6-2-13/h1-2,5-6,9,11-12H,3-4,7-8,10H2,(H,18,23)(H,19,20,22). The van der Waals surface area contributed by atoms with Gasteiger partial charge in [0.1, 0.15) is 5.82 Å². The van der Waals surface area contributed by atoms with Gasteiger partial charge < -0.3 is 15.2 Å². The lowest BCUT2D eigenvalue weighted by Crippen LogP contribution is -2.39. The molecule has 0 spiro atoms. The van der Waals surface area contributed by atoms with Crippen LogP contribution < -0.4 is 15.8 Å². The zero-order valence-corrected chi connectivity index (χ0v) is 12.7. The van der Waals surface area contributed by atoms with Crippen LogP contribution in [0.3, 0.4) is 0 Å². The molecule has 0 aliphatic carbocycles. The number of nitrogens with zero attached hydrogens (tertiary/aromatic N) is 3. The third-order valence-electron chi connectivity index (χ3n) is 4.10. The van der Waals surface area contributed by atoms with E-state index in [0.717, 1.165) is 25.9 Å². The summed E-state index contributed by atoms with van der Waals surface area (Å²) in [6.45, 7) is 2.34. The largest absolute Gasteiger partial charge is 0.356 e. The third kappa shape index (κ3) is 3.94. The number of pyridine rings is 1. The number of carbonyl (C=O) groups excluding carboxylic acids is 1. The molecule has 2 aromatic rings. The molecule has 0 radical (unpaired) electrons. The summed E-state index contributed by atoms with van der Waals surface area (Å²) < 4.78 is 0. The van der Waals surface area contributed by atoms with E-state index in [0.29, 0.717) is 23.8 Å². The number of rotatable bonds is 4. The van der Waals surface area contributed by atoms with Gasteiger partial charge >= 0.3 is 0 Å². The average Bonchev–Trinajstić information content (AvgIpc) is 2.61. The summed E-state index contributed by atoms with van der Waals surface area (Å²) in [5.74, 6) is 1.10. The predicted molar refractivity (Wildman–Crippen MR) is 86.4 cm³/mol. The maximum Gasteiger partial charge on any atom is 0.252 e. The van der Waals surface area contributed by atoms with Crippen molar-refractivity contribution < 1.29 is 4.79 Å². The van der Waals surface area contributed by atoms with Crippen molar-refractivity contribution in [3.63, 3.8) is 0 Å². The topological polar surface area (TPSA) is 91.0 Å². The number of carbonyl (C=O) groups is 1. The number of hydrogen-bond donors (Lipinski definition) is 2. The molecule has 3 heterocycles. The van der Waals surface area contributed by atoms with E-state index in [2.05, 4.69) is 25.2 Å². The molecular formula is C16H19N5O2. The van der Waals surface area contributed by atoms with Gasteiger partial charge in [-0.2, -0.15) is 0 Å². The molecular weight excluding hydrogens is 294 g/mol. The lowest BCUT2D eigenvalue weighted by Gasteiger charge is -2.32. The minimum absolute atomic E-state index is 0.0638. The van der Waals surface area contributed by atoms with Crippen LogP contribution in [0.2, 0.25) is 0 Å². The second kappa shape index (κ2) is 7.04. The summed E-state index contributed by atoms with van der Waals surface area (Å²) in [6, 6.07) is 4.93. The summed E-state index contributed by atoms with van der Waals surface area (Å²) in [5.41, 5.74) is 0.492. The van der Waals surface area contributed by atoms with E-state index in [1.165, 1.54) is 12.4 Å². The number of amides is 1. The van der Waals surface area contributed by atoms with Gasteiger partial charge in [-0.25, -0.2) is 4.98 Å². The highest BCUT2D eigenvalue weighted by molar-refractivity contribution is 5.93. The van der Waals surface area contributed by atoms with Crippen molar-refractivity contribution >= 4 is 11.7 Å². The van der Waals surface area contributed by atoms with Crippen LogP contribution in [0.25, 0.3) is 0 Å². The first-order chi connectivity index (χ1) is 11.2. The average molecular weight is 313 g/mol. The molecule has 2 aromatic heterocycles. The van der Waals surface area contributed by atoms with Crippen molar-refractivity contribution in [2.24, 2.45) is 5.92 Å². The maximum atomic E-state index is 12.0. The number of H-pyrrole nitrogens is 1. The first-order valence-electron chi connectivity index (χ1n) is 7.70. The smallest absolute Gasteiger partial charge is 0.252 e. The first kappa shape index (κ1) is 15.2. The normalized spacial score (nSPS) is 15.4. The summed E-state index contributed by atoms with van der Waals surface area (Å²) >= 11 is 0. The fraction of sp³-hybridized carbons (Fsp3) is 0.375. The Balaban J connectivity index is 1.48. The summed E-state index contributed by atoms with van der Waals surface area (Å²) in [5, 5.41) is 2.98. The first-order valence-corrected chi connectivity index (χ1v) is 7.70. The molecule has 0 atom stereocenters. The summed E-state index contributed by atoms with van der Waals surface area (Å²) in [6.07, 6.45) is 6.58. The van der Waals surface area contributed by atoms with Gasteiger partial charge in [-0.15, -0.1) is 0 Å². The summed E-state index contributed by atoms with van der Waals surface area (Å²) in [7, 11) is 0. The molecule has 120 valence electrons. The van der Waals surface area contributed by atoms with E-state index < -0.39 is 0 Å². The Bertz CT molecular complexity index is 708. The van der Waals surface area contributed by atoms with Crippen LogP contribution in [-0.2, 0) is 0 Å². The van der Waals surface area contributed by atoms with Crippen molar-refractivity contribution in [3.8, 4) is 0 Å². The van der Waals surface area contributed by atoms with E-state index in [1.807, 2.05) is 0 Å². The summed E-state index contributed by atoms with van der Waals surface area (Å²) in [4.78, 5) is 36.1. The molecule has 3 rings (SSSR count). The number of nitrogens with one attached hydrogen (secondary N) is 2. The number of hydrogen-bond acceptors (Lipinski definition) is 5. The lowest BCUT2D eigenvalue weighted by molar-refractivity contribution is 0.0945. The van der Waals surface area contributed by atoms with Gasteiger partial charge in [-0.3, -0.25) is 14.6 Å². The number of piperidine rings is 1. The molecule has 1 aliphatic heterocycles. The Morgan fingerprint density at radius 2 is 2.04 bits per heavy atom. The van der Waals surface area contributed by atoms with Crippen LogP contribution in [0.5, 0.6) is 0 Å². The van der Waals surface area contributed by atoms with Gasteiger partial charge in [0.2, 0.25) is 0 Å². The predicted octanol–water partition coefficient (Wildman–Crippen LogP) is 0.811. The molecule has 0 bridgehead atoms. The zero-order chi connectivity index (χ0) is 16.1. The van der Waals surface area contributed by atoms with Crippen molar-refractivity contribution in [1.82, 2.24) is 20.3 Å². The lowest BCUT2D eigenvalue weighted by atomic mass is 9.96. The quantitative estimate of drug-likeness (QED) is 0.872. The van der Waals surface area contributed by atoms with Crippen LogP contribution in [0, 0.1) is 5.92 Å². The molecule has 1 aliphatic rings. The molecule has 1 saturated heterocycles. The molecule has 0 saturated carbocycles. The van der Waals surface area contributed by atoms with Gasteiger partial charge in [0.05, 0.1) is 6.33 Å². The second-order valence-electron chi connectivity index (χ2n) is 5.65. The van der Waals surface area contributed by atoms with Crippen molar-refractivity contribution in [1.29, 1.82) is 0 Å². The Morgan fingerprint density at radius 1 is 1.30 bits per heavy atom. The zero-order valence-electron chi connectivity index (χ0n) is 12.7. The molecule has 23 heavy (non-hydrogen) atoms. The van der Waals surface area contributed by atoms with Gasteiger partial charge in [0.15, 0.2) is 0 Å². The van der Waals surface area contributed by atoms with Crippen molar-refractivity contribution in [2.75, 3.05) is 24.5 Å². The number of aromatic nitrogens is 3. The highest BCUT2D eigenvalue weighted by Crippen LogP contribution is 2.20. The molecule has 7 heteroatoms. The van der Waals surface area contributed by atoms with Gasteiger partial charge in [0, 0.05) is 43.7 Å².